The van der Waals surface area contributed by atoms with Gasteiger partial charge < -0.3 is 10.1 Å². The third kappa shape index (κ3) is 5.62. The van der Waals surface area contributed by atoms with Gasteiger partial charge in [-0.3, -0.25) is 4.79 Å². The summed E-state index contributed by atoms with van der Waals surface area (Å²) in [6, 6.07) is 8.73. The molecule has 0 heterocycles. The summed E-state index contributed by atoms with van der Waals surface area (Å²) in [7, 11) is 0. The molecule has 1 N–H and O–H groups in total. The number of nitriles is 1. The molecule has 0 aromatic heterocycles. The molecule has 1 aromatic rings. The number of carbonyl (C=O) groups excluding carboxylic acids is 1. The molecule has 1 amide bonds. The highest BCUT2D eigenvalue weighted by molar-refractivity contribution is 6.32. The highest BCUT2D eigenvalue weighted by atomic mass is 35.5. The van der Waals surface area contributed by atoms with Crippen LogP contribution in [0.4, 0.5) is 0 Å². The van der Waals surface area contributed by atoms with Crippen LogP contribution in [0.15, 0.2) is 24.3 Å². The largest absolute Gasteiger partial charge is 0.491 e. The zero-order valence-electron chi connectivity index (χ0n) is 10.9. The van der Waals surface area contributed by atoms with E-state index >= 15 is 0 Å². The molecule has 1 aromatic carbocycles. The molecule has 5 heteroatoms. The molecule has 0 saturated carbocycles. The number of hydrogen-bond donors (Lipinski definition) is 1. The second-order valence-corrected chi connectivity index (χ2v) is 4.47. The molecule has 0 spiro atoms. The van der Waals surface area contributed by atoms with Crippen molar-refractivity contribution in [1.82, 2.24) is 5.32 Å². The van der Waals surface area contributed by atoms with Crippen LogP contribution in [0, 0.1) is 11.3 Å². The third-order valence-electron chi connectivity index (χ3n) is 2.49. The molecule has 0 bridgehead atoms. The summed E-state index contributed by atoms with van der Waals surface area (Å²) in [5, 5.41) is 12.0. The fourth-order valence-electron chi connectivity index (χ4n) is 1.54. The summed E-state index contributed by atoms with van der Waals surface area (Å²) in [6.45, 7) is 2.21. The number of nitrogens with one attached hydrogen (secondary N) is 1. The molecule has 0 aliphatic carbocycles. The molecular formula is C14H17ClN2O2. The summed E-state index contributed by atoms with van der Waals surface area (Å²) in [6.07, 6.45) is 1.72. The van der Waals surface area contributed by atoms with Crippen molar-refractivity contribution >= 4 is 17.5 Å². The van der Waals surface area contributed by atoms with Crippen molar-refractivity contribution in [2.45, 2.75) is 32.2 Å². The average Bonchev–Trinajstić information content (AvgIpc) is 2.40. The number of halogens is 1. The van der Waals surface area contributed by atoms with E-state index in [1.807, 2.05) is 19.1 Å². The lowest BCUT2D eigenvalue weighted by atomic mass is 10.2. The van der Waals surface area contributed by atoms with Crippen LogP contribution in [0.25, 0.3) is 0 Å². The van der Waals surface area contributed by atoms with E-state index in [0.717, 1.165) is 6.42 Å². The van der Waals surface area contributed by atoms with Crippen LogP contribution in [0.1, 0.15) is 26.2 Å². The Balaban J connectivity index is 2.31. The van der Waals surface area contributed by atoms with Gasteiger partial charge in [0.1, 0.15) is 11.8 Å². The van der Waals surface area contributed by atoms with Crippen LogP contribution in [0.5, 0.6) is 5.75 Å². The minimum absolute atomic E-state index is 0.188. The van der Waals surface area contributed by atoms with Gasteiger partial charge in [-0.15, -0.1) is 0 Å². The molecule has 0 fully saturated rings. The van der Waals surface area contributed by atoms with Crippen LogP contribution < -0.4 is 10.1 Å². The Hall–Kier alpha value is -1.73. The Morgan fingerprint density at radius 1 is 1.53 bits per heavy atom. The van der Waals surface area contributed by atoms with Gasteiger partial charge in [-0.25, -0.2) is 0 Å². The lowest BCUT2D eigenvalue weighted by Crippen LogP contribution is -2.34. The lowest BCUT2D eigenvalue weighted by Gasteiger charge is -2.11. The summed E-state index contributed by atoms with van der Waals surface area (Å²) in [4.78, 5) is 11.6. The van der Waals surface area contributed by atoms with Gasteiger partial charge in [-0.2, -0.15) is 5.26 Å². The number of para-hydroxylation sites is 1. The molecule has 1 rings (SSSR count). The first kappa shape index (κ1) is 15.3. The quantitative estimate of drug-likeness (QED) is 0.835. The molecule has 0 aliphatic heterocycles. The fourth-order valence-corrected chi connectivity index (χ4v) is 1.73. The number of benzene rings is 1. The van der Waals surface area contributed by atoms with Gasteiger partial charge in [0.15, 0.2) is 0 Å². The predicted octanol–water partition coefficient (Wildman–Crippen LogP) is 2.92. The normalized spacial score (nSPS) is 11.4. The highest BCUT2D eigenvalue weighted by Gasteiger charge is 2.10. The summed E-state index contributed by atoms with van der Waals surface area (Å²) in [5.74, 6) is 0.370. The molecule has 0 unspecified atom stereocenters. The van der Waals surface area contributed by atoms with E-state index in [9.17, 15) is 4.79 Å². The monoisotopic (exact) mass is 280 g/mol. The molecule has 1 atom stereocenters. The van der Waals surface area contributed by atoms with Crippen molar-refractivity contribution in [3.8, 4) is 11.8 Å². The number of amides is 1. The van der Waals surface area contributed by atoms with E-state index in [2.05, 4.69) is 11.4 Å². The fraction of sp³-hybridized carbons (Fsp3) is 0.429. The Labute approximate surface area is 118 Å². The topological polar surface area (TPSA) is 62.1 Å². The standard InChI is InChI=1S/C14H17ClN2O2/c1-2-5-11(10-16)17-14(18)8-9-19-13-7-4-3-6-12(13)15/h3-4,6-7,11H,2,5,8-9H2,1H3,(H,17,18)/t11-/m1/s1. The van der Waals surface area contributed by atoms with Crippen LogP contribution in [-0.4, -0.2) is 18.6 Å². The Morgan fingerprint density at radius 3 is 2.89 bits per heavy atom. The van der Waals surface area contributed by atoms with E-state index < -0.39 is 6.04 Å². The van der Waals surface area contributed by atoms with E-state index in [0.29, 0.717) is 17.2 Å². The van der Waals surface area contributed by atoms with Crippen molar-refractivity contribution in [3.63, 3.8) is 0 Å². The number of rotatable bonds is 7. The first-order chi connectivity index (χ1) is 9.17. The molecule has 4 nitrogen and oxygen atoms in total. The van der Waals surface area contributed by atoms with E-state index in [4.69, 9.17) is 21.6 Å². The Bertz CT molecular complexity index is 457. The number of carbonyl (C=O) groups is 1. The van der Waals surface area contributed by atoms with Crippen molar-refractivity contribution in [2.75, 3.05) is 6.61 Å². The second kappa shape index (κ2) is 8.39. The smallest absolute Gasteiger partial charge is 0.224 e. The molecular weight excluding hydrogens is 264 g/mol. The second-order valence-electron chi connectivity index (χ2n) is 4.07. The molecule has 0 radical (unpaired) electrons. The first-order valence-electron chi connectivity index (χ1n) is 6.23. The zero-order valence-corrected chi connectivity index (χ0v) is 11.6. The minimum atomic E-state index is -0.419. The summed E-state index contributed by atoms with van der Waals surface area (Å²) < 4.78 is 5.41. The van der Waals surface area contributed by atoms with Crippen LogP contribution in [-0.2, 0) is 4.79 Å². The lowest BCUT2D eigenvalue weighted by molar-refractivity contribution is -0.122. The van der Waals surface area contributed by atoms with Crippen molar-refractivity contribution in [1.29, 1.82) is 5.26 Å². The maximum atomic E-state index is 11.6. The first-order valence-corrected chi connectivity index (χ1v) is 6.61. The zero-order chi connectivity index (χ0) is 14.1. The summed E-state index contributed by atoms with van der Waals surface area (Å²) in [5.41, 5.74) is 0. The number of hydrogen-bond acceptors (Lipinski definition) is 3. The van der Waals surface area contributed by atoms with Crippen molar-refractivity contribution in [3.05, 3.63) is 29.3 Å². The van der Waals surface area contributed by atoms with Crippen LogP contribution in [0.2, 0.25) is 5.02 Å². The molecule has 19 heavy (non-hydrogen) atoms. The van der Waals surface area contributed by atoms with Crippen LogP contribution in [0.3, 0.4) is 0 Å². The maximum Gasteiger partial charge on any atom is 0.224 e. The van der Waals surface area contributed by atoms with Gasteiger partial charge in [-0.05, 0) is 18.6 Å². The van der Waals surface area contributed by atoms with E-state index in [1.54, 1.807) is 12.1 Å². The van der Waals surface area contributed by atoms with E-state index in [1.165, 1.54) is 0 Å². The molecule has 0 aliphatic rings. The van der Waals surface area contributed by atoms with Crippen molar-refractivity contribution < 1.29 is 9.53 Å². The van der Waals surface area contributed by atoms with Gasteiger partial charge in [-0.1, -0.05) is 37.1 Å². The Kier molecular flexibility index (Phi) is 6.76. The highest BCUT2D eigenvalue weighted by Crippen LogP contribution is 2.22. The van der Waals surface area contributed by atoms with E-state index in [-0.39, 0.29) is 18.9 Å². The number of nitrogens with zero attached hydrogens (tertiary/aromatic N) is 1. The maximum absolute atomic E-state index is 11.6. The van der Waals surface area contributed by atoms with Gasteiger partial charge in [0, 0.05) is 0 Å². The van der Waals surface area contributed by atoms with Gasteiger partial charge in [0.25, 0.3) is 0 Å². The molecule has 102 valence electrons. The predicted molar refractivity (Wildman–Crippen MR) is 74.0 cm³/mol. The summed E-state index contributed by atoms with van der Waals surface area (Å²) >= 11 is 5.92. The SMILES string of the molecule is CCC[C@H](C#N)NC(=O)CCOc1ccccc1Cl. The number of ether oxygens (including phenoxy) is 1. The van der Waals surface area contributed by atoms with Gasteiger partial charge in [0.05, 0.1) is 24.1 Å². The van der Waals surface area contributed by atoms with Crippen molar-refractivity contribution in [2.24, 2.45) is 0 Å². The third-order valence-corrected chi connectivity index (χ3v) is 2.80. The van der Waals surface area contributed by atoms with Gasteiger partial charge >= 0.3 is 0 Å². The van der Waals surface area contributed by atoms with Crippen LogP contribution >= 0.6 is 11.6 Å². The molecule has 0 saturated heterocycles. The Morgan fingerprint density at radius 2 is 2.26 bits per heavy atom. The minimum Gasteiger partial charge on any atom is -0.491 e. The van der Waals surface area contributed by atoms with Gasteiger partial charge in [0.2, 0.25) is 5.91 Å². The average molecular weight is 281 g/mol.